The largest absolute Gasteiger partial charge is 0.490 e. The van der Waals surface area contributed by atoms with Gasteiger partial charge in [-0.05, 0) is 95.8 Å². The number of carbonyl (C=O) groups is 4. The number of anilines is 2. The van der Waals surface area contributed by atoms with E-state index in [1.807, 2.05) is 22.6 Å². The number of amides is 5. The molecule has 2 N–H and O–H groups in total. The van der Waals surface area contributed by atoms with Gasteiger partial charge in [0.15, 0.2) is 18.1 Å². The molecule has 1 heterocycles. The zero-order valence-electron chi connectivity index (χ0n) is 20.6. The predicted octanol–water partition coefficient (Wildman–Crippen LogP) is 5.82. The van der Waals surface area contributed by atoms with Gasteiger partial charge in [-0.3, -0.25) is 19.7 Å². The van der Waals surface area contributed by atoms with Crippen LogP contribution in [-0.4, -0.2) is 37.0 Å². The van der Waals surface area contributed by atoms with Crippen molar-refractivity contribution in [3.63, 3.8) is 0 Å². The second-order valence-corrected chi connectivity index (χ2v) is 10.1. The highest BCUT2D eigenvalue weighted by Gasteiger charge is 2.37. The van der Waals surface area contributed by atoms with E-state index in [1.54, 1.807) is 13.0 Å². The van der Waals surface area contributed by atoms with Gasteiger partial charge in [-0.15, -0.1) is 0 Å². The number of imide groups is 2. The number of carbonyl (C=O) groups excluding carboxylic acids is 4. The maximum Gasteiger partial charge on any atom is 0.335 e. The number of benzene rings is 3. The lowest BCUT2D eigenvalue weighted by atomic mass is 10.1. The van der Waals surface area contributed by atoms with E-state index in [1.165, 1.54) is 54.6 Å². The Kier molecular flexibility index (Phi) is 9.28. The fraction of sp³-hybridized carbons (Fsp3) is 0.111. The van der Waals surface area contributed by atoms with Crippen LogP contribution in [0, 0.1) is 9.39 Å². The maximum atomic E-state index is 13.2. The third-order valence-electron chi connectivity index (χ3n) is 5.38. The summed E-state index contributed by atoms with van der Waals surface area (Å²) in [5.74, 6) is -2.12. The van der Waals surface area contributed by atoms with Crippen LogP contribution >= 0.6 is 45.8 Å². The first-order valence-electron chi connectivity index (χ1n) is 11.6. The molecule has 1 fully saturated rings. The standard InChI is InChI=1S/C27H19Cl2FIN3O6/c1-2-39-22-11-14(10-21(31)24(22)40-13-23(35)32-16-5-3-15(30)4-6-16)9-18-25(36)33-27(38)34(26(18)37)17-7-8-19(28)20(29)12-17/h3-12H,2,13H2,1H3,(H,32,35)(H,33,36,38)/b18-9-. The summed E-state index contributed by atoms with van der Waals surface area (Å²) in [7, 11) is 0. The molecule has 206 valence electrons. The molecule has 0 bridgehead atoms. The number of barbiturate groups is 1. The summed E-state index contributed by atoms with van der Waals surface area (Å²) in [5.41, 5.74) is 0.622. The molecule has 0 unspecified atom stereocenters. The van der Waals surface area contributed by atoms with Crippen molar-refractivity contribution in [2.45, 2.75) is 6.92 Å². The molecule has 1 saturated heterocycles. The summed E-state index contributed by atoms with van der Waals surface area (Å²) < 4.78 is 25.0. The summed E-state index contributed by atoms with van der Waals surface area (Å²) in [6.45, 7) is 1.64. The molecule has 1 aliphatic heterocycles. The molecule has 13 heteroatoms. The van der Waals surface area contributed by atoms with Crippen LogP contribution in [0.15, 0.2) is 60.2 Å². The zero-order chi connectivity index (χ0) is 29.0. The molecule has 0 radical (unpaired) electrons. The Labute approximate surface area is 251 Å². The third kappa shape index (κ3) is 6.72. The molecule has 0 spiro atoms. The van der Waals surface area contributed by atoms with Gasteiger partial charge in [0.1, 0.15) is 11.4 Å². The summed E-state index contributed by atoms with van der Waals surface area (Å²) in [6.07, 6.45) is 1.31. The number of halogens is 4. The van der Waals surface area contributed by atoms with Crippen molar-refractivity contribution in [1.82, 2.24) is 5.32 Å². The van der Waals surface area contributed by atoms with Crippen LogP contribution in [-0.2, 0) is 14.4 Å². The van der Waals surface area contributed by atoms with E-state index in [4.69, 9.17) is 32.7 Å². The average Bonchev–Trinajstić information content (AvgIpc) is 2.89. The van der Waals surface area contributed by atoms with Gasteiger partial charge in [0.2, 0.25) is 0 Å². The van der Waals surface area contributed by atoms with E-state index >= 15 is 0 Å². The molecule has 3 aromatic carbocycles. The minimum atomic E-state index is -0.933. The summed E-state index contributed by atoms with van der Waals surface area (Å²) in [4.78, 5) is 51.5. The summed E-state index contributed by atoms with van der Waals surface area (Å²) >= 11 is 14.0. The van der Waals surface area contributed by atoms with Crippen LogP contribution < -0.4 is 25.0 Å². The van der Waals surface area contributed by atoms with Gasteiger partial charge in [0.25, 0.3) is 17.7 Å². The van der Waals surface area contributed by atoms with E-state index in [0.717, 1.165) is 4.90 Å². The van der Waals surface area contributed by atoms with Crippen LogP contribution in [0.3, 0.4) is 0 Å². The molecule has 0 aliphatic carbocycles. The maximum absolute atomic E-state index is 13.2. The normalized spacial score (nSPS) is 14.3. The van der Waals surface area contributed by atoms with Gasteiger partial charge < -0.3 is 14.8 Å². The third-order valence-corrected chi connectivity index (χ3v) is 6.92. The number of rotatable bonds is 8. The van der Waals surface area contributed by atoms with Gasteiger partial charge in [-0.1, -0.05) is 23.2 Å². The summed E-state index contributed by atoms with van der Waals surface area (Å²) in [6, 6.07) is 11.7. The second kappa shape index (κ2) is 12.7. The second-order valence-electron chi connectivity index (χ2n) is 8.16. The smallest absolute Gasteiger partial charge is 0.335 e. The molecule has 1 aliphatic rings. The lowest BCUT2D eigenvalue weighted by Crippen LogP contribution is -2.54. The Morgan fingerprint density at radius 1 is 1.05 bits per heavy atom. The Morgan fingerprint density at radius 3 is 2.45 bits per heavy atom. The SMILES string of the molecule is CCOc1cc(/C=C2/C(=O)NC(=O)N(c3ccc(Cl)c(Cl)c3)C2=O)cc(I)c1OCC(=O)Nc1ccc(F)cc1. The minimum Gasteiger partial charge on any atom is -0.490 e. The first-order chi connectivity index (χ1) is 19.1. The van der Waals surface area contributed by atoms with Crippen molar-refractivity contribution in [3.8, 4) is 11.5 Å². The lowest BCUT2D eigenvalue weighted by Gasteiger charge is -2.26. The molecule has 40 heavy (non-hydrogen) atoms. The molecule has 3 aromatic rings. The van der Waals surface area contributed by atoms with Gasteiger partial charge in [-0.2, -0.15) is 0 Å². The molecule has 0 saturated carbocycles. The number of nitrogens with one attached hydrogen (secondary N) is 2. The molecule has 5 amide bonds. The number of urea groups is 1. The monoisotopic (exact) mass is 697 g/mol. The average molecular weight is 698 g/mol. The highest BCUT2D eigenvalue weighted by atomic mass is 127. The van der Waals surface area contributed by atoms with Crippen LogP contribution in [0.4, 0.5) is 20.6 Å². The molecular formula is C27H19Cl2FIN3O6. The lowest BCUT2D eigenvalue weighted by molar-refractivity contribution is -0.122. The zero-order valence-corrected chi connectivity index (χ0v) is 24.3. The van der Waals surface area contributed by atoms with Crippen molar-refractivity contribution in [3.05, 3.63) is 85.2 Å². The number of hydrogen-bond donors (Lipinski definition) is 2. The van der Waals surface area contributed by atoms with Gasteiger partial charge >= 0.3 is 6.03 Å². The number of nitrogens with zero attached hydrogens (tertiary/aromatic N) is 1. The first kappa shape index (κ1) is 29.3. The van der Waals surface area contributed by atoms with E-state index < -0.39 is 29.6 Å². The highest BCUT2D eigenvalue weighted by molar-refractivity contribution is 14.1. The van der Waals surface area contributed by atoms with E-state index in [9.17, 15) is 23.6 Å². The van der Waals surface area contributed by atoms with Crippen molar-refractivity contribution >= 4 is 87.0 Å². The van der Waals surface area contributed by atoms with Gasteiger partial charge in [0.05, 0.1) is 25.9 Å². The predicted molar refractivity (Wildman–Crippen MR) is 156 cm³/mol. The van der Waals surface area contributed by atoms with Crippen molar-refractivity contribution in [2.24, 2.45) is 0 Å². The Morgan fingerprint density at radius 2 is 1.77 bits per heavy atom. The van der Waals surface area contributed by atoms with E-state index in [-0.39, 0.29) is 46.0 Å². The van der Waals surface area contributed by atoms with Crippen molar-refractivity contribution in [2.75, 3.05) is 23.4 Å². The van der Waals surface area contributed by atoms with E-state index in [2.05, 4.69) is 10.6 Å². The molecule has 0 aromatic heterocycles. The fourth-order valence-electron chi connectivity index (χ4n) is 3.63. The fourth-order valence-corrected chi connectivity index (χ4v) is 4.70. The number of hydrogen-bond acceptors (Lipinski definition) is 6. The minimum absolute atomic E-state index is 0.125. The van der Waals surface area contributed by atoms with E-state index in [0.29, 0.717) is 14.8 Å². The first-order valence-corrected chi connectivity index (χ1v) is 13.4. The highest BCUT2D eigenvalue weighted by Crippen LogP contribution is 2.36. The Hall–Kier alpha value is -3.68. The van der Waals surface area contributed by atoms with Crippen LogP contribution in [0.1, 0.15) is 12.5 Å². The Balaban J connectivity index is 1.58. The van der Waals surface area contributed by atoms with Crippen LogP contribution in [0.5, 0.6) is 11.5 Å². The number of ether oxygens (including phenoxy) is 2. The van der Waals surface area contributed by atoms with Crippen molar-refractivity contribution < 1.29 is 33.0 Å². The van der Waals surface area contributed by atoms with Crippen molar-refractivity contribution in [1.29, 1.82) is 0 Å². The topological polar surface area (TPSA) is 114 Å². The van der Waals surface area contributed by atoms with Gasteiger partial charge in [-0.25, -0.2) is 14.1 Å². The molecule has 9 nitrogen and oxygen atoms in total. The summed E-state index contributed by atoms with van der Waals surface area (Å²) in [5, 5.41) is 5.10. The molecule has 4 rings (SSSR count). The van der Waals surface area contributed by atoms with Crippen LogP contribution in [0.2, 0.25) is 10.0 Å². The van der Waals surface area contributed by atoms with Gasteiger partial charge in [0, 0.05) is 5.69 Å². The molecule has 0 atom stereocenters. The molecular weight excluding hydrogens is 679 g/mol. The Bertz CT molecular complexity index is 1550. The van der Waals surface area contributed by atoms with Crippen LogP contribution in [0.25, 0.3) is 6.08 Å². The quantitative estimate of drug-likeness (QED) is 0.174.